The smallest absolute Gasteiger partial charge is 0.306 e. The van der Waals surface area contributed by atoms with E-state index in [1.165, 1.54) is 109 Å². The second-order valence-corrected chi connectivity index (χ2v) is 15.0. The van der Waals surface area contributed by atoms with Gasteiger partial charge in [0.15, 0.2) is 6.10 Å². The van der Waals surface area contributed by atoms with Crippen molar-refractivity contribution in [1.82, 2.24) is 0 Å². The van der Waals surface area contributed by atoms with Gasteiger partial charge in [-0.3, -0.25) is 14.4 Å². The van der Waals surface area contributed by atoms with Crippen LogP contribution in [0.2, 0.25) is 0 Å². The molecule has 0 aliphatic carbocycles. The SMILES string of the molecule is CCCCCCCCCC(=O)OC[C@@H](COC(=O)CCCCCCCCCCC(C)C)OC(=O)CCCCCCCCCCC(C)CC. The van der Waals surface area contributed by atoms with Crippen molar-refractivity contribution in [3.8, 4) is 0 Å². The third kappa shape index (κ3) is 34.3. The number of unbranched alkanes of at least 4 members (excludes halogenated alkanes) is 20. The maximum Gasteiger partial charge on any atom is 0.306 e. The van der Waals surface area contributed by atoms with Gasteiger partial charge in [0.1, 0.15) is 13.2 Å². The van der Waals surface area contributed by atoms with Gasteiger partial charge in [-0.25, -0.2) is 0 Å². The van der Waals surface area contributed by atoms with Crippen LogP contribution < -0.4 is 0 Å². The van der Waals surface area contributed by atoms with Crippen LogP contribution in [-0.4, -0.2) is 37.2 Å². The standard InChI is InChI=1S/C42H80O6/c1-6-8-9-10-15-22-27-32-40(43)46-35-39(36-47-41(44)33-28-23-18-13-11-16-20-25-30-37(3)4)48-42(45)34-29-24-19-14-12-17-21-26-31-38(5)7-2/h37-39H,6-36H2,1-5H3/t38?,39-/m0/s1. The van der Waals surface area contributed by atoms with E-state index in [-0.39, 0.29) is 31.1 Å². The first kappa shape index (κ1) is 46.4. The Bertz CT molecular complexity index is 736. The summed E-state index contributed by atoms with van der Waals surface area (Å²) in [6.45, 7) is 11.2. The van der Waals surface area contributed by atoms with Crippen LogP contribution in [0.5, 0.6) is 0 Å². The molecule has 1 unspecified atom stereocenters. The Hall–Kier alpha value is -1.59. The molecule has 0 fully saturated rings. The fraction of sp³-hybridized carbons (Fsp3) is 0.929. The summed E-state index contributed by atoms with van der Waals surface area (Å²) >= 11 is 0. The summed E-state index contributed by atoms with van der Waals surface area (Å²) in [5.74, 6) is 0.769. The van der Waals surface area contributed by atoms with Crippen LogP contribution in [0.25, 0.3) is 0 Å². The highest BCUT2D eigenvalue weighted by Gasteiger charge is 2.19. The summed E-state index contributed by atoms with van der Waals surface area (Å²) in [5.41, 5.74) is 0. The highest BCUT2D eigenvalue weighted by molar-refractivity contribution is 5.71. The first-order chi connectivity index (χ1) is 23.3. The minimum Gasteiger partial charge on any atom is -0.462 e. The summed E-state index contributed by atoms with van der Waals surface area (Å²) in [5, 5.41) is 0. The van der Waals surface area contributed by atoms with E-state index >= 15 is 0 Å². The number of carbonyl (C=O) groups is 3. The normalized spacial score (nSPS) is 12.6. The molecule has 0 rings (SSSR count). The summed E-state index contributed by atoms with van der Waals surface area (Å²) in [4.78, 5) is 37.4. The Kier molecular flexibility index (Phi) is 34.1. The topological polar surface area (TPSA) is 78.9 Å². The van der Waals surface area contributed by atoms with Gasteiger partial charge in [0.25, 0.3) is 0 Å². The molecule has 0 aromatic rings. The van der Waals surface area contributed by atoms with Gasteiger partial charge in [-0.15, -0.1) is 0 Å². The molecule has 0 spiro atoms. The van der Waals surface area contributed by atoms with Crippen LogP contribution in [-0.2, 0) is 28.6 Å². The van der Waals surface area contributed by atoms with E-state index in [0.29, 0.717) is 19.3 Å². The van der Waals surface area contributed by atoms with Gasteiger partial charge < -0.3 is 14.2 Å². The van der Waals surface area contributed by atoms with E-state index in [4.69, 9.17) is 14.2 Å². The number of esters is 3. The summed E-state index contributed by atoms with van der Waals surface area (Å²) in [6.07, 6.45) is 31.0. The average molecular weight is 681 g/mol. The minimum atomic E-state index is -0.759. The predicted molar refractivity (Wildman–Crippen MR) is 201 cm³/mol. The lowest BCUT2D eigenvalue weighted by Gasteiger charge is -2.18. The Morgan fingerprint density at radius 2 is 0.792 bits per heavy atom. The molecule has 0 amide bonds. The van der Waals surface area contributed by atoms with Gasteiger partial charge in [0.05, 0.1) is 0 Å². The number of ether oxygens (including phenoxy) is 3. The number of hydrogen-bond acceptors (Lipinski definition) is 6. The second kappa shape index (κ2) is 35.2. The number of hydrogen-bond donors (Lipinski definition) is 0. The molecular formula is C42H80O6. The summed E-state index contributed by atoms with van der Waals surface area (Å²) < 4.78 is 16.6. The van der Waals surface area contributed by atoms with Crippen molar-refractivity contribution >= 4 is 17.9 Å². The fourth-order valence-electron chi connectivity index (χ4n) is 6.01. The molecule has 0 saturated heterocycles. The molecular weight excluding hydrogens is 600 g/mol. The molecule has 0 aliphatic rings. The van der Waals surface area contributed by atoms with Gasteiger partial charge in [-0.1, -0.05) is 182 Å². The molecule has 284 valence electrons. The number of rotatable bonds is 36. The third-order valence-electron chi connectivity index (χ3n) is 9.58. The predicted octanol–water partition coefficient (Wildman–Crippen LogP) is 12.6. The lowest BCUT2D eigenvalue weighted by molar-refractivity contribution is -0.167. The summed E-state index contributed by atoms with van der Waals surface area (Å²) in [6, 6.07) is 0. The molecule has 0 aromatic carbocycles. The van der Waals surface area contributed by atoms with Crippen molar-refractivity contribution in [2.75, 3.05) is 13.2 Å². The molecule has 48 heavy (non-hydrogen) atoms. The minimum absolute atomic E-state index is 0.0668. The quantitative estimate of drug-likeness (QED) is 0.0372. The second-order valence-electron chi connectivity index (χ2n) is 15.0. The van der Waals surface area contributed by atoms with Gasteiger partial charge in [0, 0.05) is 19.3 Å². The zero-order valence-electron chi connectivity index (χ0n) is 32.6. The van der Waals surface area contributed by atoms with E-state index in [0.717, 1.165) is 69.6 Å². The Labute approximate surface area is 298 Å². The van der Waals surface area contributed by atoms with Crippen molar-refractivity contribution in [1.29, 1.82) is 0 Å². The van der Waals surface area contributed by atoms with Gasteiger partial charge in [0.2, 0.25) is 0 Å². The molecule has 6 heteroatoms. The Morgan fingerprint density at radius 1 is 0.438 bits per heavy atom. The zero-order chi connectivity index (χ0) is 35.5. The molecule has 0 aliphatic heterocycles. The molecule has 2 atom stereocenters. The van der Waals surface area contributed by atoms with E-state index in [1.54, 1.807) is 0 Å². The monoisotopic (exact) mass is 681 g/mol. The van der Waals surface area contributed by atoms with Crippen molar-refractivity contribution in [3.63, 3.8) is 0 Å². The lowest BCUT2D eigenvalue weighted by Crippen LogP contribution is -2.30. The first-order valence-corrected chi connectivity index (χ1v) is 20.8. The van der Waals surface area contributed by atoms with Gasteiger partial charge >= 0.3 is 17.9 Å². The van der Waals surface area contributed by atoms with E-state index < -0.39 is 6.10 Å². The molecule has 0 N–H and O–H groups in total. The zero-order valence-corrected chi connectivity index (χ0v) is 32.6. The highest BCUT2D eigenvalue weighted by atomic mass is 16.6. The fourth-order valence-corrected chi connectivity index (χ4v) is 6.01. The van der Waals surface area contributed by atoms with Crippen molar-refractivity contribution in [3.05, 3.63) is 0 Å². The maximum atomic E-state index is 12.6. The molecule has 0 aromatic heterocycles. The van der Waals surface area contributed by atoms with Crippen LogP contribution >= 0.6 is 0 Å². The lowest BCUT2D eigenvalue weighted by atomic mass is 9.99. The third-order valence-corrected chi connectivity index (χ3v) is 9.58. The van der Waals surface area contributed by atoms with Gasteiger partial charge in [-0.2, -0.15) is 0 Å². The van der Waals surface area contributed by atoms with Crippen molar-refractivity contribution < 1.29 is 28.6 Å². The average Bonchev–Trinajstić information content (AvgIpc) is 3.06. The van der Waals surface area contributed by atoms with E-state index in [1.807, 2.05) is 0 Å². The van der Waals surface area contributed by atoms with Crippen LogP contribution in [0, 0.1) is 11.8 Å². The van der Waals surface area contributed by atoms with Gasteiger partial charge in [-0.05, 0) is 31.1 Å². The Balaban J connectivity index is 4.33. The highest BCUT2D eigenvalue weighted by Crippen LogP contribution is 2.16. The Morgan fingerprint density at radius 3 is 1.19 bits per heavy atom. The maximum absolute atomic E-state index is 12.6. The molecule has 0 bridgehead atoms. The number of carbonyl (C=O) groups excluding carboxylic acids is 3. The van der Waals surface area contributed by atoms with Crippen molar-refractivity contribution in [2.24, 2.45) is 11.8 Å². The van der Waals surface area contributed by atoms with Crippen molar-refractivity contribution in [2.45, 2.75) is 227 Å². The van der Waals surface area contributed by atoms with Crippen LogP contribution in [0.3, 0.4) is 0 Å². The van der Waals surface area contributed by atoms with Crippen LogP contribution in [0.4, 0.5) is 0 Å². The molecule has 0 saturated carbocycles. The largest absolute Gasteiger partial charge is 0.462 e. The van der Waals surface area contributed by atoms with Crippen LogP contribution in [0.1, 0.15) is 221 Å². The van der Waals surface area contributed by atoms with Crippen LogP contribution in [0.15, 0.2) is 0 Å². The first-order valence-electron chi connectivity index (χ1n) is 20.8. The molecule has 0 heterocycles. The van der Waals surface area contributed by atoms with E-state index in [2.05, 4.69) is 34.6 Å². The van der Waals surface area contributed by atoms with E-state index in [9.17, 15) is 14.4 Å². The molecule has 6 nitrogen and oxygen atoms in total. The molecule has 0 radical (unpaired) electrons. The summed E-state index contributed by atoms with van der Waals surface area (Å²) in [7, 11) is 0.